The summed E-state index contributed by atoms with van der Waals surface area (Å²) in [5, 5.41) is 0. The number of benzene rings is 1. The van der Waals surface area contributed by atoms with Gasteiger partial charge in [-0.05, 0) is 37.5 Å². The summed E-state index contributed by atoms with van der Waals surface area (Å²) >= 11 is 0. The molecule has 2 aliphatic rings. The number of carbonyl (C=O) groups is 1. The number of carbonyl (C=O) groups excluding carboxylic acids is 1. The van der Waals surface area contributed by atoms with E-state index in [2.05, 4.69) is 4.72 Å². The molecule has 8 heteroatoms. The molecule has 0 aliphatic carbocycles. The van der Waals surface area contributed by atoms with Crippen molar-refractivity contribution in [2.45, 2.75) is 36.7 Å². The third-order valence-electron chi connectivity index (χ3n) is 4.35. The number of amides is 1. The molecular weight excluding hydrogens is 332 g/mol. The van der Waals surface area contributed by atoms with Gasteiger partial charge < -0.3 is 14.4 Å². The highest BCUT2D eigenvalue weighted by Crippen LogP contribution is 2.31. The van der Waals surface area contributed by atoms with Gasteiger partial charge in [0.15, 0.2) is 0 Å². The van der Waals surface area contributed by atoms with Crippen molar-refractivity contribution in [2.75, 3.05) is 31.7 Å². The number of rotatable bonds is 6. The van der Waals surface area contributed by atoms with E-state index in [-0.39, 0.29) is 29.2 Å². The van der Waals surface area contributed by atoms with Crippen LogP contribution in [0.5, 0.6) is 5.75 Å². The summed E-state index contributed by atoms with van der Waals surface area (Å²) < 4.78 is 38.6. The Morgan fingerprint density at radius 1 is 1.38 bits per heavy atom. The minimum Gasteiger partial charge on any atom is -0.495 e. The van der Waals surface area contributed by atoms with Gasteiger partial charge in [-0.2, -0.15) is 0 Å². The molecule has 0 aromatic heterocycles. The topological polar surface area (TPSA) is 84.9 Å². The lowest BCUT2D eigenvalue weighted by Gasteiger charge is -2.19. The summed E-state index contributed by atoms with van der Waals surface area (Å²) in [4.78, 5) is 13.6. The third-order valence-corrected chi connectivity index (χ3v) is 5.79. The molecule has 1 amide bonds. The summed E-state index contributed by atoms with van der Waals surface area (Å²) in [6, 6.07) is 4.79. The van der Waals surface area contributed by atoms with E-state index in [1.807, 2.05) is 0 Å². The summed E-state index contributed by atoms with van der Waals surface area (Å²) in [5.41, 5.74) is 0.579. The van der Waals surface area contributed by atoms with E-state index >= 15 is 0 Å². The van der Waals surface area contributed by atoms with Gasteiger partial charge in [-0.3, -0.25) is 4.79 Å². The number of hydrogen-bond donors (Lipinski definition) is 1. The Bertz CT molecular complexity index is 713. The Labute approximate surface area is 142 Å². The van der Waals surface area contributed by atoms with Crippen LogP contribution in [-0.4, -0.2) is 47.2 Å². The Morgan fingerprint density at radius 2 is 2.21 bits per heavy atom. The zero-order valence-corrected chi connectivity index (χ0v) is 14.5. The first-order chi connectivity index (χ1) is 11.5. The van der Waals surface area contributed by atoms with E-state index < -0.39 is 10.0 Å². The predicted octanol–water partition coefficient (Wildman–Crippen LogP) is 1.28. The first-order valence-corrected chi connectivity index (χ1v) is 9.59. The lowest BCUT2D eigenvalue weighted by atomic mass is 10.2. The molecule has 0 saturated carbocycles. The maximum atomic E-state index is 12.7. The van der Waals surface area contributed by atoms with Crippen molar-refractivity contribution in [3.8, 4) is 5.75 Å². The van der Waals surface area contributed by atoms with Crippen molar-refractivity contribution in [3.63, 3.8) is 0 Å². The minimum absolute atomic E-state index is 0.0100. The van der Waals surface area contributed by atoms with Crippen LogP contribution >= 0.6 is 0 Å². The zero-order chi connectivity index (χ0) is 17.2. The van der Waals surface area contributed by atoms with Gasteiger partial charge in [0.1, 0.15) is 10.6 Å². The van der Waals surface area contributed by atoms with E-state index in [0.717, 1.165) is 19.3 Å². The zero-order valence-electron chi connectivity index (χ0n) is 13.7. The summed E-state index contributed by atoms with van der Waals surface area (Å²) in [5.74, 6) is 0.265. The molecule has 1 aromatic carbocycles. The molecule has 0 bridgehead atoms. The smallest absolute Gasteiger partial charge is 0.244 e. The largest absolute Gasteiger partial charge is 0.495 e. The molecule has 132 valence electrons. The lowest BCUT2D eigenvalue weighted by Crippen LogP contribution is -2.32. The quantitative estimate of drug-likeness (QED) is 0.832. The molecule has 1 atom stereocenters. The van der Waals surface area contributed by atoms with E-state index in [4.69, 9.17) is 9.47 Å². The maximum Gasteiger partial charge on any atom is 0.244 e. The van der Waals surface area contributed by atoms with Crippen LogP contribution in [0.3, 0.4) is 0 Å². The minimum atomic E-state index is -3.75. The average molecular weight is 354 g/mol. The van der Waals surface area contributed by atoms with Crippen LogP contribution in [0.15, 0.2) is 23.1 Å². The lowest BCUT2D eigenvalue weighted by molar-refractivity contribution is -0.117. The van der Waals surface area contributed by atoms with Gasteiger partial charge in [-0.1, -0.05) is 0 Å². The summed E-state index contributed by atoms with van der Waals surface area (Å²) in [6.07, 6.45) is 2.98. The van der Waals surface area contributed by atoms with Crippen molar-refractivity contribution in [1.29, 1.82) is 0 Å². The molecule has 1 unspecified atom stereocenters. The molecule has 2 saturated heterocycles. The number of sulfonamides is 1. The van der Waals surface area contributed by atoms with Gasteiger partial charge in [0.2, 0.25) is 15.9 Å². The SMILES string of the molecule is COc1ccc(N2CCCC2=O)cc1S(=O)(=O)NCC1CCCO1. The second-order valence-corrected chi connectivity index (χ2v) is 7.71. The Hall–Kier alpha value is -1.64. The third kappa shape index (κ3) is 3.55. The van der Waals surface area contributed by atoms with Crippen LogP contribution in [0.2, 0.25) is 0 Å². The fraction of sp³-hybridized carbons (Fsp3) is 0.562. The van der Waals surface area contributed by atoms with E-state index in [0.29, 0.717) is 25.3 Å². The van der Waals surface area contributed by atoms with Crippen LogP contribution in [0.25, 0.3) is 0 Å². The molecule has 1 aromatic rings. The maximum absolute atomic E-state index is 12.7. The van der Waals surface area contributed by atoms with Crippen LogP contribution in [0, 0.1) is 0 Å². The average Bonchev–Trinajstić information content (AvgIpc) is 3.24. The van der Waals surface area contributed by atoms with Gasteiger partial charge in [0, 0.05) is 31.8 Å². The van der Waals surface area contributed by atoms with Crippen molar-refractivity contribution in [2.24, 2.45) is 0 Å². The van der Waals surface area contributed by atoms with Crippen LogP contribution in [0.4, 0.5) is 5.69 Å². The standard InChI is InChI=1S/C16H22N2O5S/c1-22-14-7-6-12(18-8-2-5-16(18)19)10-15(14)24(20,21)17-11-13-4-3-9-23-13/h6-7,10,13,17H,2-5,8-9,11H2,1H3. The van der Waals surface area contributed by atoms with Crippen LogP contribution in [-0.2, 0) is 19.6 Å². The molecule has 2 heterocycles. The highest BCUT2D eigenvalue weighted by molar-refractivity contribution is 7.89. The Morgan fingerprint density at radius 3 is 2.83 bits per heavy atom. The second kappa shape index (κ2) is 7.08. The molecule has 2 fully saturated rings. The van der Waals surface area contributed by atoms with Gasteiger partial charge >= 0.3 is 0 Å². The molecule has 2 aliphatic heterocycles. The number of ether oxygens (including phenoxy) is 2. The molecule has 3 rings (SSSR count). The first kappa shape index (κ1) is 17.2. The van der Waals surface area contributed by atoms with Gasteiger partial charge in [0.25, 0.3) is 0 Å². The van der Waals surface area contributed by atoms with E-state index in [9.17, 15) is 13.2 Å². The molecule has 24 heavy (non-hydrogen) atoms. The fourth-order valence-electron chi connectivity index (χ4n) is 3.05. The van der Waals surface area contributed by atoms with Crippen molar-refractivity contribution in [1.82, 2.24) is 4.72 Å². The summed E-state index contributed by atoms with van der Waals surface area (Å²) in [7, 11) is -2.33. The number of nitrogens with zero attached hydrogens (tertiary/aromatic N) is 1. The highest BCUT2D eigenvalue weighted by Gasteiger charge is 2.27. The molecule has 0 radical (unpaired) electrons. The van der Waals surface area contributed by atoms with Gasteiger partial charge in [0.05, 0.1) is 13.2 Å². The summed E-state index contributed by atoms with van der Waals surface area (Å²) in [6.45, 7) is 1.51. The molecule has 0 spiro atoms. The highest BCUT2D eigenvalue weighted by atomic mass is 32.2. The van der Waals surface area contributed by atoms with Gasteiger partial charge in [-0.15, -0.1) is 0 Å². The Kier molecular flexibility index (Phi) is 5.07. The monoisotopic (exact) mass is 354 g/mol. The Balaban J connectivity index is 1.84. The van der Waals surface area contributed by atoms with Crippen LogP contribution < -0.4 is 14.4 Å². The van der Waals surface area contributed by atoms with E-state index in [1.165, 1.54) is 13.2 Å². The normalized spacial score (nSPS) is 21.5. The first-order valence-electron chi connectivity index (χ1n) is 8.11. The van der Waals surface area contributed by atoms with E-state index in [1.54, 1.807) is 17.0 Å². The molecule has 7 nitrogen and oxygen atoms in total. The van der Waals surface area contributed by atoms with Crippen molar-refractivity contribution in [3.05, 3.63) is 18.2 Å². The van der Waals surface area contributed by atoms with Crippen molar-refractivity contribution >= 4 is 21.6 Å². The number of nitrogens with one attached hydrogen (secondary N) is 1. The molecule has 1 N–H and O–H groups in total. The molecular formula is C16H22N2O5S. The van der Waals surface area contributed by atoms with Crippen LogP contribution in [0.1, 0.15) is 25.7 Å². The number of anilines is 1. The van der Waals surface area contributed by atoms with Crippen molar-refractivity contribution < 1.29 is 22.7 Å². The number of hydrogen-bond acceptors (Lipinski definition) is 5. The predicted molar refractivity (Wildman–Crippen MR) is 88.7 cm³/mol. The second-order valence-electron chi connectivity index (χ2n) is 5.97. The fourth-order valence-corrected chi connectivity index (χ4v) is 4.30. The van der Waals surface area contributed by atoms with Gasteiger partial charge in [-0.25, -0.2) is 13.1 Å². The number of methoxy groups -OCH3 is 1.